The van der Waals surface area contributed by atoms with E-state index in [-0.39, 0.29) is 0 Å². The van der Waals surface area contributed by atoms with Gasteiger partial charge in [0.25, 0.3) is 0 Å². The van der Waals surface area contributed by atoms with Crippen LogP contribution >= 0.6 is 23.8 Å². The zero-order chi connectivity index (χ0) is 13.2. The lowest BCUT2D eigenvalue weighted by Gasteiger charge is -2.08. The zero-order valence-corrected chi connectivity index (χ0v) is 12.4. The van der Waals surface area contributed by atoms with Gasteiger partial charge in [0.15, 0.2) is 5.16 Å². The topological polar surface area (TPSA) is 36.3 Å². The maximum Gasteiger partial charge on any atom is 0.168 e. The fourth-order valence-electron chi connectivity index (χ4n) is 2.07. The van der Waals surface area contributed by atoms with Crippen molar-refractivity contribution in [1.82, 2.24) is 9.55 Å². The first-order chi connectivity index (χ1) is 9.31. The minimum atomic E-state index is 0.823. The molecular weight excluding hydrogens is 280 g/mol. The molecule has 2 aromatic rings. The lowest BCUT2D eigenvalue weighted by molar-refractivity contribution is 0.415. The number of aromatic nitrogens is 2. The van der Waals surface area contributed by atoms with E-state index in [1.54, 1.807) is 26.0 Å². The van der Waals surface area contributed by atoms with Crippen molar-refractivity contribution in [3.05, 3.63) is 24.4 Å². The highest BCUT2D eigenvalue weighted by Crippen LogP contribution is 2.35. The molecule has 0 radical (unpaired) electrons. The first-order valence-corrected chi connectivity index (χ1v) is 7.63. The fourth-order valence-corrected chi connectivity index (χ4v) is 3.49. The summed E-state index contributed by atoms with van der Waals surface area (Å²) in [7, 11) is 3.33. The molecule has 4 nitrogen and oxygen atoms in total. The molecule has 0 saturated carbocycles. The van der Waals surface area contributed by atoms with Crippen LogP contribution in [0.2, 0.25) is 0 Å². The Labute approximate surface area is 120 Å². The summed E-state index contributed by atoms with van der Waals surface area (Å²) in [5, 5.41) is 1.09. The molecule has 0 N–H and O–H groups in total. The second-order valence-corrected chi connectivity index (χ2v) is 6.10. The van der Waals surface area contributed by atoms with Gasteiger partial charge in [0.1, 0.15) is 5.75 Å². The number of nitrogens with zero attached hydrogens (tertiary/aromatic N) is 2. The van der Waals surface area contributed by atoms with Gasteiger partial charge in [-0.05, 0) is 18.2 Å². The molecule has 1 aliphatic rings. The predicted molar refractivity (Wildman–Crippen MR) is 77.8 cm³/mol. The van der Waals surface area contributed by atoms with E-state index in [2.05, 4.69) is 15.7 Å². The molecule has 1 aliphatic heterocycles. The Balaban J connectivity index is 1.98. The summed E-state index contributed by atoms with van der Waals surface area (Å²) in [6.45, 7) is 1.03. The van der Waals surface area contributed by atoms with Crippen molar-refractivity contribution in [2.45, 2.75) is 16.6 Å². The van der Waals surface area contributed by atoms with Gasteiger partial charge in [0.2, 0.25) is 0 Å². The standard InChI is InChI=1S/C13H14N2O2S2/c1-16-12-7-9(19-17-2)3-4-10(12)11-8-15-5-6-18-13(15)14-11/h3-4,7-8H,5-6H2,1-2H3. The van der Waals surface area contributed by atoms with Gasteiger partial charge in [-0.15, -0.1) is 0 Å². The van der Waals surface area contributed by atoms with Crippen LogP contribution in [0.15, 0.2) is 34.4 Å². The molecule has 0 spiro atoms. The van der Waals surface area contributed by atoms with Crippen LogP contribution in [0.3, 0.4) is 0 Å². The van der Waals surface area contributed by atoms with Crippen LogP contribution in [0.4, 0.5) is 0 Å². The molecule has 0 unspecified atom stereocenters. The van der Waals surface area contributed by atoms with Crippen LogP contribution < -0.4 is 4.74 Å². The number of rotatable bonds is 4. The van der Waals surface area contributed by atoms with E-state index >= 15 is 0 Å². The maximum atomic E-state index is 5.46. The number of fused-ring (bicyclic) bond motifs is 1. The minimum Gasteiger partial charge on any atom is -0.496 e. The van der Waals surface area contributed by atoms with Gasteiger partial charge in [-0.3, -0.25) is 0 Å². The lowest BCUT2D eigenvalue weighted by Crippen LogP contribution is -1.91. The first kappa shape index (κ1) is 12.9. The molecule has 3 rings (SSSR count). The third-order valence-corrected chi connectivity index (χ3v) is 4.52. The Morgan fingerprint density at radius 2 is 2.26 bits per heavy atom. The van der Waals surface area contributed by atoms with Crippen molar-refractivity contribution in [3.63, 3.8) is 0 Å². The summed E-state index contributed by atoms with van der Waals surface area (Å²) >= 11 is 3.12. The molecule has 2 heterocycles. The van der Waals surface area contributed by atoms with Crippen molar-refractivity contribution < 1.29 is 8.92 Å². The van der Waals surface area contributed by atoms with Crippen LogP contribution in [0.1, 0.15) is 0 Å². The van der Waals surface area contributed by atoms with Gasteiger partial charge < -0.3 is 13.5 Å². The summed E-state index contributed by atoms with van der Waals surface area (Å²) < 4.78 is 12.7. The average molecular weight is 294 g/mol. The van der Waals surface area contributed by atoms with E-state index in [0.29, 0.717) is 0 Å². The molecule has 0 amide bonds. The fraction of sp³-hybridized carbons (Fsp3) is 0.308. The summed E-state index contributed by atoms with van der Waals surface area (Å²) in [6, 6.07) is 6.02. The number of ether oxygens (including phenoxy) is 1. The SMILES string of the molecule is COSc1ccc(-c2cn3c(n2)SCC3)c(OC)c1. The molecule has 1 aromatic carbocycles. The minimum absolute atomic E-state index is 0.823. The van der Waals surface area contributed by atoms with E-state index in [0.717, 1.165) is 39.4 Å². The number of thioether (sulfide) groups is 1. The molecule has 0 aliphatic carbocycles. The van der Waals surface area contributed by atoms with Crippen LogP contribution in [0, 0.1) is 0 Å². The molecular formula is C13H14N2O2S2. The van der Waals surface area contributed by atoms with E-state index in [4.69, 9.17) is 8.92 Å². The van der Waals surface area contributed by atoms with Gasteiger partial charge in [-0.2, -0.15) is 0 Å². The van der Waals surface area contributed by atoms with Gasteiger partial charge in [0.05, 0.1) is 19.9 Å². The molecule has 100 valence electrons. The van der Waals surface area contributed by atoms with Crippen LogP contribution in [0.25, 0.3) is 11.3 Å². The first-order valence-electron chi connectivity index (χ1n) is 5.91. The highest BCUT2D eigenvalue weighted by atomic mass is 32.2. The van der Waals surface area contributed by atoms with Crippen molar-refractivity contribution >= 4 is 23.8 Å². The molecule has 1 aromatic heterocycles. The van der Waals surface area contributed by atoms with Crippen LogP contribution in [0.5, 0.6) is 5.75 Å². The second kappa shape index (κ2) is 5.48. The van der Waals surface area contributed by atoms with E-state index in [1.807, 2.05) is 18.2 Å². The number of aryl methyl sites for hydroxylation is 1. The Morgan fingerprint density at radius 1 is 1.37 bits per heavy atom. The Hall–Kier alpha value is -1.11. The van der Waals surface area contributed by atoms with Crippen molar-refractivity contribution in [1.29, 1.82) is 0 Å². The van der Waals surface area contributed by atoms with Gasteiger partial charge in [-0.1, -0.05) is 11.8 Å². The smallest absolute Gasteiger partial charge is 0.168 e. The van der Waals surface area contributed by atoms with E-state index < -0.39 is 0 Å². The van der Waals surface area contributed by atoms with Crippen LogP contribution in [-0.4, -0.2) is 29.5 Å². The summed E-state index contributed by atoms with van der Waals surface area (Å²) in [4.78, 5) is 5.67. The lowest BCUT2D eigenvalue weighted by atomic mass is 10.1. The number of benzene rings is 1. The normalized spacial score (nSPS) is 13.6. The molecule has 6 heteroatoms. The summed E-state index contributed by atoms with van der Waals surface area (Å²) in [6.07, 6.45) is 2.09. The van der Waals surface area contributed by atoms with Gasteiger partial charge in [0, 0.05) is 41.0 Å². The maximum absolute atomic E-state index is 5.46. The third kappa shape index (κ3) is 2.48. The highest BCUT2D eigenvalue weighted by molar-refractivity contribution is 7.99. The Morgan fingerprint density at radius 3 is 3.00 bits per heavy atom. The second-order valence-electron chi connectivity index (χ2n) is 4.06. The predicted octanol–water partition coefficient (Wildman–Crippen LogP) is 3.32. The highest BCUT2D eigenvalue weighted by Gasteiger charge is 2.17. The zero-order valence-electron chi connectivity index (χ0n) is 10.8. The van der Waals surface area contributed by atoms with E-state index in [1.165, 1.54) is 12.0 Å². The van der Waals surface area contributed by atoms with Crippen LogP contribution in [-0.2, 0) is 10.7 Å². The van der Waals surface area contributed by atoms with Crippen molar-refractivity contribution in [2.75, 3.05) is 20.0 Å². The average Bonchev–Trinajstić information content (AvgIpc) is 2.99. The monoisotopic (exact) mass is 294 g/mol. The number of hydrogen-bond donors (Lipinski definition) is 0. The van der Waals surface area contributed by atoms with Gasteiger partial charge in [-0.25, -0.2) is 4.98 Å². The van der Waals surface area contributed by atoms with Gasteiger partial charge >= 0.3 is 0 Å². The molecule has 0 fully saturated rings. The molecule has 0 atom stereocenters. The van der Waals surface area contributed by atoms with E-state index in [9.17, 15) is 0 Å². The molecule has 0 bridgehead atoms. The summed E-state index contributed by atoms with van der Waals surface area (Å²) in [5.41, 5.74) is 1.98. The molecule has 19 heavy (non-hydrogen) atoms. The third-order valence-electron chi connectivity index (χ3n) is 2.93. The number of imidazole rings is 1. The Bertz CT molecular complexity index is 577. The number of methoxy groups -OCH3 is 1. The van der Waals surface area contributed by atoms with Crippen molar-refractivity contribution in [2.24, 2.45) is 0 Å². The molecule has 0 saturated heterocycles. The largest absolute Gasteiger partial charge is 0.496 e. The quantitative estimate of drug-likeness (QED) is 0.809. The Kier molecular flexibility index (Phi) is 3.72. The van der Waals surface area contributed by atoms with Crippen molar-refractivity contribution in [3.8, 4) is 17.0 Å². The number of hydrogen-bond acceptors (Lipinski definition) is 5. The summed E-state index contributed by atoms with van der Waals surface area (Å²) in [5.74, 6) is 1.94.